The second kappa shape index (κ2) is 12.4. The number of ether oxygens (including phenoxy) is 1. The maximum absolute atomic E-state index is 12.2. The summed E-state index contributed by atoms with van der Waals surface area (Å²) in [4.78, 5) is 44.8. The van der Waals surface area contributed by atoms with Crippen molar-refractivity contribution in [3.63, 3.8) is 0 Å². The van der Waals surface area contributed by atoms with Crippen LogP contribution >= 0.6 is 11.3 Å². The molecule has 0 aliphatic carbocycles. The number of amides is 1. The molecule has 1 heterocycles. The summed E-state index contributed by atoms with van der Waals surface area (Å²) in [5.41, 5.74) is 2.90. The van der Waals surface area contributed by atoms with Gasteiger partial charge in [0.15, 0.2) is 10.9 Å². The van der Waals surface area contributed by atoms with Crippen molar-refractivity contribution in [2.45, 2.75) is 45.8 Å². The number of aromatic carboxylic acids is 1. The summed E-state index contributed by atoms with van der Waals surface area (Å²) in [7, 11) is 0. The Hall–Kier alpha value is -3.85. The van der Waals surface area contributed by atoms with E-state index < -0.39 is 51.3 Å². The summed E-state index contributed by atoms with van der Waals surface area (Å²) in [6.45, 7) is 8.08. The van der Waals surface area contributed by atoms with Gasteiger partial charge in [0.2, 0.25) is 0 Å². The lowest BCUT2D eigenvalue weighted by Crippen LogP contribution is -2.41. The zero-order chi connectivity index (χ0) is 26.9. The number of nitrogens with two attached hydrogens (primary N) is 1. The van der Waals surface area contributed by atoms with Crippen LogP contribution in [-0.2, 0) is 9.53 Å². The smallest absolute Gasteiger partial charge is 0.413 e. The van der Waals surface area contributed by atoms with Gasteiger partial charge in [0.05, 0.1) is 11.1 Å². The Morgan fingerprint density at radius 2 is 1.74 bits per heavy atom. The molecule has 34 heavy (non-hydrogen) atoms. The normalized spacial score (nSPS) is 10.6. The van der Waals surface area contributed by atoms with Gasteiger partial charge in [0.1, 0.15) is 21.8 Å². The van der Waals surface area contributed by atoms with E-state index in [1.54, 1.807) is 20.8 Å². The van der Waals surface area contributed by atoms with Crippen LogP contribution in [0.15, 0.2) is 24.4 Å². The monoisotopic (exact) mass is 504 g/mol. The molecule has 6 N–H and O–H groups in total. The Balaban J connectivity index is 0.000000524. The predicted molar refractivity (Wildman–Crippen MR) is 120 cm³/mol. The third-order valence-corrected chi connectivity index (χ3v) is 3.91. The van der Waals surface area contributed by atoms with Crippen molar-refractivity contribution in [3.8, 4) is 5.75 Å². The van der Waals surface area contributed by atoms with Crippen molar-refractivity contribution in [1.82, 2.24) is 4.98 Å². The first-order valence-electron chi connectivity index (χ1n) is 9.17. The Labute approximate surface area is 197 Å². The average Bonchev–Trinajstić information content (AvgIpc) is 3.08. The topological polar surface area (TPSA) is 215 Å². The quantitative estimate of drug-likeness (QED) is 0.300. The van der Waals surface area contributed by atoms with Crippen molar-refractivity contribution in [3.05, 3.63) is 45.2 Å². The van der Waals surface area contributed by atoms with Gasteiger partial charge in [0, 0.05) is 12.1 Å². The minimum Gasteiger partial charge on any atom is -0.502 e. The fourth-order valence-electron chi connectivity index (χ4n) is 1.47. The van der Waals surface area contributed by atoms with E-state index >= 15 is 0 Å². The maximum Gasteiger partial charge on any atom is 0.413 e. The highest BCUT2D eigenvalue weighted by atomic mass is 32.1. The van der Waals surface area contributed by atoms with Crippen LogP contribution in [0.2, 0.25) is 0 Å². The molecule has 0 aliphatic heterocycles. The molecule has 0 atom stereocenters. The number of hydrogen-bond donors (Lipinski definition) is 5. The number of carboxylic acids is 2. The highest BCUT2D eigenvalue weighted by Crippen LogP contribution is 2.25. The number of hydrogen-bond acceptors (Lipinski definition) is 10. The number of phenols is 1. The summed E-state index contributed by atoms with van der Waals surface area (Å²) in [6, 6.07) is 2.51. The molecule has 0 bridgehead atoms. The highest BCUT2D eigenvalue weighted by molar-refractivity contribution is 7.17. The molecule has 0 fully saturated rings. The molecule has 15 heteroatoms. The van der Waals surface area contributed by atoms with Crippen LogP contribution in [0.25, 0.3) is 0 Å². The lowest BCUT2D eigenvalue weighted by Gasteiger charge is -2.18. The summed E-state index contributed by atoms with van der Waals surface area (Å²) in [5, 5.41) is 38.2. The van der Waals surface area contributed by atoms with Crippen molar-refractivity contribution >= 4 is 40.2 Å². The second-order valence-electron chi connectivity index (χ2n) is 7.88. The van der Waals surface area contributed by atoms with Gasteiger partial charge in [-0.05, 0) is 40.7 Å². The molecule has 2 aromatic rings. The van der Waals surface area contributed by atoms with E-state index in [1.165, 1.54) is 20.0 Å². The Kier molecular flexibility index (Phi) is 11.0. The maximum atomic E-state index is 12.2. The second-order valence-corrected chi connectivity index (χ2v) is 8.91. The number of nitro groups is 1. The van der Waals surface area contributed by atoms with Gasteiger partial charge >= 0.3 is 23.7 Å². The van der Waals surface area contributed by atoms with E-state index in [0.717, 1.165) is 23.5 Å². The Morgan fingerprint density at radius 1 is 1.21 bits per heavy atom. The van der Waals surface area contributed by atoms with Gasteiger partial charge in [-0.1, -0.05) is 11.3 Å². The molecule has 1 aromatic heterocycles. The molecule has 0 saturated heterocycles. The molecule has 188 valence electrons. The van der Waals surface area contributed by atoms with Crippen LogP contribution < -0.4 is 11.1 Å². The van der Waals surface area contributed by atoms with E-state index in [-0.39, 0.29) is 10.0 Å². The number of rotatable bonds is 4. The molecular formula is C19H25FN4O9S. The number of thiazole rings is 1. The number of nitro benzene ring substituents is 1. The predicted octanol–water partition coefficient (Wildman–Crippen LogP) is 3.44. The number of carbonyl (C=O) groups excluding carboxylic acids is 1. The van der Waals surface area contributed by atoms with E-state index in [9.17, 15) is 28.9 Å². The summed E-state index contributed by atoms with van der Waals surface area (Å²) >= 11 is 0.873. The highest BCUT2D eigenvalue weighted by Gasteiger charge is 2.19. The van der Waals surface area contributed by atoms with Gasteiger partial charge in [-0.15, -0.1) is 0 Å². The van der Waals surface area contributed by atoms with E-state index in [2.05, 4.69) is 10.3 Å². The molecule has 0 saturated carbocycles. The van der Waals surface area contributed by atoms with Gasteiger partial charge in [-0.25, -0.2) is 19.0 Å². The number of anilines is 1. The minimum atomic E-state index is -1.08. The number of nitrogens with one attached hydrogen (secondary N) is 1. The average molecular weight is 504 g/mol. The third-order valence-electron chi connectivity index (χ3n) is 3.01. The molecule has 1 amide bonds. The SMILES string of the molecule is CC(C)(C)OC(=O)Nc1ncc(C(=O)O)s1.CC(C)(N)C(=O)O.O=[N+]([O-])c1ccc(F)cc1O. The number of aromatic nitrogens is 1. The van der Waals surface area contributed by atoms with Crippen LogP contribution in [0.3, 0.4) is 0 Å². The van der Waals surface area contributed by atoms with Crippen LogP contribution in [0.5, 0.6) is 5.75 Å². The number of nitrogens with zero attached hydrogens (tertiary/aromatic N) is 2. The molecule has 0 spiro atoms. The van der Waals surface area contributed by atoms with Crippen LogP contribution in [0.4, 0.5) is 20.0 Å². The lowest BCUT2D eigenvalue weighted by molar-refractivity contribution is -0.385. The van der Waals surface area contributed by atoms with E-state index in [0.29, 0.717) is 6.07 Å². The first-order chi connectivity index (χ1) is 15.3. The van der Waals surface area contributed by atoms with Gasteiger partial charge < -0.3 is 25.8 Å². The number of carboxylic acid groups (broad SMARTS) is 2. The summed E-state index contributed by atoms with van der Waals surface area (Å²) < 4.78 is 17.2. The lowest BCUT2D eigenvalue weighted by atomic mass is 10.1. The zero-order valence-corrected chi connectivity index (χ0v) is 19.7. The van der Waals surface area contributed by atoms with Crippen molar-refractivity contribution in [1.29, 1.82) is 0 Å². The number of phenolic OH excluding ortho intramolecular Hbond substituents is 1. The fourth-order valence-corrected chi connectivity index (χ4v) is 2.11. The molecule has 0 unspecified atom stereocenters. The first kappa shape index (κ1) is 30.1. The van der Waals surface area contributed by atoms with Crippen molar-refractivity contribution in [2.75, 3.05) is 5.32 Å². The van der Waals surface area contributed by atoms with Crippen molar-refractivity contribution < 1.29 is 43.8 Å². The van der Waals surface area contributed by atoms with Gasteiger partial charge in [-0.3, -0.25) is 20.2 Å². The molecule has 13 nitrogen and oxygen atoms in total. The molecule has 1 aromatic carbocycles. The molecule has 2 rings (SSSR count). The van der Waals surface area contributed by atoms with E-state index in [1.807, 2.05) is 0 Å². The third kappa shape index (κ3) is 12.3. The Morgan fingerprint density at radius 3 is 2.09 bits per heavy atom. The first-order valence-corrected chi connectivity index (χ1v) is 9.99. The number of aliphatic carboxylic acids is 1. The van der Waals surface area contributed by atoms with Gasteiger partial charge in [-0.2, -0.15) is 0 Å². The number of aromatic hydroxyl groups is 1. The number of benzene rings is 1. The summed E-state index contributed by atoms with van der Waals surface area (Å²) in [5.74, 6) is -3.41. The minimum absolute atomic E-state index is 0.0612. The fraction of sp³-hybridized carbons (Fsp3) is 0.368. The zero-order valence-electron chi connectivity index (χ0n) is 18.9. The number of halogens is 1. The van der Waals surface area contributed by atoms with E-state index in [4.69, 9.17) is 25.8 Å². The summed E-state index contributed by atoms with van der Waals surface area (Å²) in [6.07, 6.45) is 0.526. The molecule has 0 radical (unpaired) electrons. The number of carbonyl (C=O) groups is 3. The molecule has 0 aliphatic rings. The largest absolute Gasteiger partial charge is 0.502 e. The van der Waals surface area contributed by atoms with Gasteiger partial charge in [0.25, 0.3) is 0 Å². The molecular weight excluding hydrogens is 479 g/mol. The van der Waals surface area contributed by atoms with Crippen molar-refractivity contribution in [2.24, 2.45) is 5.73 Å². The van der Waals surface area contributed by atoms with Crippen LogP contribution in [0.1, 0.15) is 44.3 Å². The van der Waals surface area contributed by atoms with Crippen LogP contribution in [-0.4, -0.2) is 54.4 Å². The standard InChI is InChI=1S/C9H12N2O4S.C6H4FNO3.C4H9NO2/c1-9(2,3)15-8(14)11-7-10-4-5(16-7)6(12)13;7-4-1-2-5(8(10)11)6(9)3-4;1-4(2,5)3(6)7/h4H,1-3H3,(H,12,13)(H,10,11,14);1-3,9H;5H2,1-2H3,(H,6,7). The van der Waals surface area contributed by atoms with Crippen LogP contribution in [0, 0.1) is 15.9 Å². The Bertz CT molecular complexity index is 1030.